The summed E-state index contributed by atoms with van der Waals surface area (Å²) < 4.78 is 0. The average Bonchev–Trinajstić information content (AvgIpc) is 2.65. The number of likely N-dealkylation sites (N-methyl/N-ethyl adjacent to an activating group) is 1. The SMILES string of the molecule is CN(CC1CCCCN1)CC1CCC(=O)N1. The van der Waals surface area contributed by atoms with Crippen LogP contribution in [-0.4, -0.2) is 49.6 Å². The molecule has 1 amide bonds. The summed E-state index contributed by atoms with van der Waals surface area (Å²) in [6.45, 7) is 3.26. The van der Waals surface area contributed by atoms with Crippen LogP contribution in [0.2, 0.25) is 0 Å². The molecule has 2 aliphatic heterocycles. The first-order valence-corrected chi connectivity index (χ1v) is 6.45. The average molecular weight is 225 g/mol. The van der Waals surface area contributed by atoms with E-state index >= 15 is 0 Å². The van der Waals surface area contributed by atoms with Crippen LogP contribution < -0.4 is 10.6 Å². The third kappa shape index (κ3) is 3.46. The molecule has 2 atom stereocenters. The molecular formula is C12H23N3O. The molecule has 0 aromatic carbocycles. The van der Waals surface area contributed by atoms with Crippen molar-refractivity contribution in [2.75, 3.05) is 26.7 Å². The van der Waals surface area contributed by atoms with Gasteiger partial charge in [0, 0.05) is 31.6 Å². The lowest BCUT2D eigenvalue weighted by Gasteiger charge is -2.29. The first-order chi connectivity index (χ1) is 7.74. The summed E-state index contributed by atoms with van der Waals surface area (Å²) >= 11 is 0. The largest absolute Gasteiger partial charge is 0.352 e. The molecule has 2 unspecified atom stereocenters. The molecule has 2 heterocycles. The number of nitrogens with zero attached hydrogens (tertiary/aromatic N) is 1. The van der Waals surface area contributed by atoms with Crippen molar-refractivity contribution < 1.29 is 4.79 Å². The van der Waals surface area contributed by atoms with E-state index in [9.17, 15) is 4.79 Å². The van der Waals surface area contributed by atoms with Crippen molar-refractivity contribution in [3.63, 3.8) is 0 Å². The van der Waals surface area contributed by atoms with Gasteiger partial charge in [0.1, 0.15) is 0 Å². The fourth-order valence-electron chi connectivity index (χ4n) is 2.72. The number of hydrogen-bond donors (Lipinski definition) is 2. The number of rotatable bonds is 4. The molecule has 2 fully saturated rings. The molecule has 2 rings (SSSR count). The molecule has 4 nitrogen and oxygen atoms in total. The Kier molecular flexibility index (Phi) is 4.18. The third-order valence-electron chi connectivity index (χ3n) is 3.56. The maximum atomic E-state index is 11.1. The topological polar surface area (TPSA) is 44.4 Å². The maximum Gasteiger partial charge on any atom is 0.220 e. The van der Waals surface area contributed by atoms with E-state index in [0.717, 1.165) is 19.5 Å². The smallest absolute Gasteiger partial charge is 0.220 e. The molecule has 0 aliphatic carbocycles. The molecule has 0 aromatic rings. The molecule has 2 saturated heterocycles. The number of carbonyl (C=O) groups is 1. The Labute approximate surface area is 97.8 Å². The van der Waals surface area contributed by atoms with Crippen LogP contribution in [0.1, 0.15) is 32.1 Å². The lowest BCUT2D eigenvalue weighted by atomic mass is 10.0. The van der Waals surface area contributed by atoms with Gasteiger partial charge >= 0.3 is 0 Å². The van der Waals surface area contributed by atoms with E-state index in [1.54, 1.807) is 0 Å². The van der Waals surface area contributed by atoms with Crippen LogP contribution in [0.3, 0.4) is 0 Å². The lowest BCUT2D eigenvalue weighted by Crippen LogP contribution is -2.45. The zero-order chi connectivity index (χ0) is 11.4. The second kappa shape index (κ2) is 5.64. The van der Waals surface area contributed by atoms with Gasteiger partial charge < -0.3 is 15.5 Å². The number of nitrogens with one attached hydrogen (secondary N) is 2. The molecule has 4 heteroatoms. The molecule has 16 heavy (non-hydrogen) atoms. The van der Waals surface area contributed by atoms with Crippen LogP contribution >= 0.6 is 0 Å². The Balaban J connectivity index is 1.67. The molecule has 0 bridgehead atoms. The number of piperidine rings is 1. The minimum Gasteiger partial charge on any atom is -0.352 e. The van der Waals surface area contributed by atoms with E-state index in [0.29, 0.717) is 18.5 Å². The highest BCUT2D eigenvalue weighted by molar-refractivity contribution is 5.78. The Morgan fingerprint density at radius 2 is 2.06 bits per heavy atom. The molecule has 0 saturated carbocycles. The predicted molar refractivity (Wildman–Crippen MR) is 64.3 cm³/mol. The van der Waals surface area contributed by atoms with Crippen molar-refractivity contribution in [2.24, 2.45) is 0 Å². The van der Waals surface area contributed by atoms with E-state index in [4.69, 9.17) is 0 Å². The van der Waals surface area contributed by atoms with E-state index in [-0.39, 0.29) is 5.91 Å². The van der Waals surface area contributed by atoms with Crippen LogP contribution in [0.15, 0.2) is 0 Å². The summed E-state index contributed by atoms with van der Waals surface area (Å²) in [5.74, 6) is 0.217. The van der Waals surface area contributed by atoms with Crippen molar-refractivity contribution in [1.29, 1.82) is 0 Å². The summed E-state index contributed by atoms with van der Waals surface area (Å²) in [5.41, 5.74) is 0. The van der Waals surface area contributed by atoms with Crippen molar-refractivity contribution in [3.05, 3.63) is 0 Å². The number of carbonyl (C=O) groups excluding carboxylic acids is 1. The van der Waals surface area contributed by atoms with Crippen molar-refractivity contribution >= 4 is 5.91 Å². The number of amides is 1. The van der Waals surface area contributed by atoms with Gasteiger partial charge in [0.2, 0.25) is 5.91 Å². The fourth-order valence-corrected chi connectivity index (χ4v) is 2.72. The summed E-state index contributed by atoms with van der Waals surface area (Å²) in [6, 6.07) is 1.02. The molecule has 92 valence electrons. The standard InChI is InChI=1S/C12H23N3O/c1-15(8-10-4-2-3-7-13-10)9-11-5-6-12(16)14-11/h10-11,13H,2-9H2,1H3,(H,14,16). The van der Waals surface area contributed by atoms with Gasteiger partial charge in [0.25, 0.3) is 0 Å². The summed E-state index contributed by atoms with van der Waals surface area (Å²) in [5, 5.41) is 6.58. The Morgan fingerprint density at radius 1 is 1.25 bits per heavy atom. The third-order valence-corrected chi connectivity index (χ3v) is 3.56. The Bertz CT molecular complexity index is 238. The van der Waals surface area contributed by atoms with Gasteiger partial charge in [-0.25, -0.2) is 0 Å². The van der Waals surface area contributed by atoms with Gasteiger partial charge in [-0.2, -0.15) is 0 Å². The summed E-state index contributed by atoms with van der Waals surface area (Å²) in [6.07, 6.45) is 5.67. The first kappa shape index (κ1) is 11.9. The summed E-state index contributed by atoms with van der Waals surface area (Å²) in [7, 11) is 2.15. The van der Waals surface area contributed by atoms with Gasteiger partial charge in [-0.15, -0.1) is 0 Å². The highest BCUT2D eigenvalue weighted by Gasteiger charge is 2.23. The molecule has 0 spiro atoms. The van der Waals surface area contributed by atoms with Crippen molar-refractivity contribution in [3.8, 4) is 0 Å². The highest BCUT2D eigenvalue weighted by Crippen LogP contribution is 2.10. The highest BCUT2D eigenvalue weighted by atomic mass is 16.1. The van der Waals surface area contributed by atoms with E-state index in [1.165, 1.54) is 25.8 Å². The van der Waals surface area contributed by atoms with Gasteiger partial charge in [-0.05, 0) is 32.9 Å². The van der Waals surface area contributed by atoms with Crippen LogP contribution in [0.25, 0.3) is 0 Å². The first-order valence-electron chi connectivity index (χ1n) is 6.45. The molecule has 0 aromatic heterocycles. The van der Waals surface area contributed by atoms with Gasteiger partial charge in [-0.1, -0.05) is 6.42 Å². The lowest BCUT2D eigenvalue weighted by molar-refractivity contribution is -0.119. The van der Waals surface area contributed by atoms with Crippen LogP contribution in [0, 0.1) is 0 Å². The van der Waals surface area contributed by atoms with Crippen molar-refractivity contribution in [1.82, 2.24) is 15.5 Å². The zero-order valence-electron chi connectivity index (χ0n) is 10.2. The van der Waals surface area contributed by atoms with Gasteiger partial charge in [-0.3, -0.25) is 4.79 Å². The molecule has 2 aliphatic rings. The van der Waals surface area contributed by atoms with Crippen LogP contribution in [0.4, 0.5) is 0 Å². The van der Waals surface area contributed by atoms with Gasteiger partial charge in [0.15, 0.2) is 0 Å². The second-order valence-corrected chi connectivity index (χ2v) is 5.17. The Morgan fingerprint density at radius 3 is 2.69 bits per heavy atom. The molecule has 2 N–H and O–H groups in total. The van der Waals surface area contributed by atoms with Crippen LogP contribution in [0.5, 0.6) is 0 Å². The van der Waals surface area contributed by atoms with E-state index in [1.807, 2.05) is 0 Å². The molecular weight excluding hydrogens is 202 g/mol. The monoisotopic (exact) mass is 225 g/mol. The number of hydrogen-bond acceptors (Lipinski definition) is 3. The quantitative estimate of drug-likeness (QED) is 0.725. The maximum absolute atomic E-state index is 11.1. The second-order valence-electron chi connectivity index (χ2n) is 5.17. The predicted octanol–water partition coefficient (Wildman–Crippen LogP) is 0.339. The minimum atomic E-state index is 0.217. The fraction of sp³-hybridized carbons (Fsp3) is 0.917. The zero-order valence-corrected chi connectivity index (χ0v) is 10.2. The van der Waals surface area contributed by atoms with Crippen molar-refractivity contribution in [2.45, 2.75) is 44.2 Å². The Hall–Kier alpha value is -0.610. The normalized spacial score (nSPS) is 30.8. The van der Waals surface area contributed by atoms with Gasteiger partial charge in [0.05, 0.1) is 0 Å². The minimum absolute atomic E-state index is 0.217. The van der Waals surface area contributed by atoms with E-state index < -0.39 is 0 Å². The molecule has 0 radical (unpaired) electrons. The van der Waals surface area contributed by atoms with Crippen LogP contribution in [-0.2, 0) is 4.79 Å². The van der Waals surface area contributed by atoms with E-state index in [2.05, 4.69) is 22.6 Å². The summed E-state index contributed by atoms with van der Waals surface area (Å²) in [4.78, 5) is 13.4.